The monoisotopic (exact) mass is 427 g/mol. The molecule has 1 heterocycles. The lowest BCUT2D eigenvalue weighted by atomic mass is 10.1. The maximum atomic E-state index is 6.52. The van der Waals surface area contributed by atoms with Crippen LogP contribution in [0.2, 0.25) is 5.02 Å². The zero-order valence-corrected chi connectivity index (χ0v) is 14.7. The van der Waals surface area contributed by atoms with E-state index in [-0.39, 0.29) is 5.38 Å². The summed E-state index contributed by atoms with van der Waals surface area (Å²) in [5.74, 6) is 0. The first-order chi connectivity index (χ1) is 10.1. The topological polar surface area (TPSA) is 12.9 Å². The molecular weight excluding hydrogens is 416 g/mol. The van der Waals surface area contributed by atoms with Crippen molar-refractivity contribution >= 4 is 56.7 Å². The second kappa shape index (κ2) is 6.51. The van der Waals surface area contributed by atoms with Gasteiger partial charge < -0.3 is 0 Å². The second-order valence-electron chi connectivity index (χ2n) is 4.84. The third kappa shape index (κ3) is 3.50. The summed E-state index contributed by atoms with van der Waals surface area (Å²) >= 11 is 14.9. The molecule has 1 nitrogen and oxygen atoms in total. The Morgan fingerprint density at radius 1 is 1.05 bits per heavy atom. The van der Waals surface area contributed by atoms with Gasteiger partial charge in [0.25, 0.3) is 0 Å². The van der Waals surface area contributed by atoms with Gasteiger partial charge in [-0.1, -0.05) is 41.9 Å². The number of hydrogen-bond donors (Lipinski definition) is 0. The van der Waals surface area contributed by atoms with E-state index in [0.29, 0.717) is 6.42 Å². The Morgan fingerprint density at radius 2 is 1.86 bits per heavy atom. The van der Waals surface area contributed by atoms with Crippen LogP contribution < -0.4 is 0 Å². The lowest BCUT2D eigenvalue weighted by molar-refractivity contribution is 0.888. The molecule has 4 heteroatoms. The fourth-order valence-electron chi connectivity index (χ4n) is 2.23. The number of rotatable bonds is 3. The Balaban J connectivity index is 1.85. The summed E-state index contributed by atoms with van der Waals surface area (Å²) in [6.07, 6.45) is 0.684. The van der Waals surface area contributed by atoms with E-state index in [1.807, 2.05) is 42.5 Å². The maximum absolute atomic E-state index is 6.52. The fraction of sp³-hybridized carbons (Fsp3) is 0.118. The highest BCUT2D eigenvalue weighted by Gasteiger charge is 2.12. The molecule has 1 unspecified atom stereocenters. The molecule has 3 rings (SSSR count). The third-order valence-corrected chi connectivity index (χ3v) is 5.33. The molecule has 0 aliphatic heterocycles. The van der Waals surface area contributed by atoms with Crippen molar-refractivity contribution in [2.45, 2.75) is 11.8 Å². The van der Waals surface area contributed by atoms with Crippen LogP contribution in [0.4, 0.5) is 0 Å². The quantitative estimate of drug-likeness (QED) is 0.368. The van der Waals surface area contributed by atoms with Crippen molar-refractivity contribution in [3.63, 3.8) is 0 Å². The fourth-order valence-corrected chi connectivity index (χ4v) is 3.05. The number of para-hydroxylation sites is 1. The van der Waals surface area contributed by atoms with Crippen LogP contribution in [0.25, 0.3) is 10.9 Å². The molecule has 0 radical (unpaired) electrons. The highest BCUT2D eigenvalue weighted by molar-refractivity contribution is 14.1. The zero-order valence-electron chi connectivity index (χ0n) is 11.1. The van der Waals surface area contributed by atoms with Crippen molar-refractivity contribution in [2.75, 3.05) is 0 Å². The zero-order chi connectivity index (χ0) is 14.8. The van der Waals surface area contributed by atoms with Gasteiger partial charge in [0.2, 0.25) is 0 Å². The van der Waals surface area contributed by atoms with Gasteiger partial charge in [-0.3, -0.25) is 4.98 Å². The molecule has 0 spiro atoms. The third-order valence-electron chi connectivity index (χ3n) is 3.35. The minimum atomic E-state index is -0.131. The second-order valence-corrected chi connectivity index (χ2v) is 6.94. The normalized spacial score (nSPS) is 12.5. The van der Waals surface area contributed by atoms with Gasteiger partial charge in [-0.25, -0.2) is 0 Å². The average Bonchev–Trinajstić information content (AvgIpc) is 2.50. The number of hydrogen-bond acceptors (Lipinski definition) is 1. The summed E-state index contributed by atoms with van der Waals surface area (Å²) in [4.78, 5) is 4.66. The molecule has 2 aromatic carbocycles. The molecule has 0 N–H and O–H groups in total. The molecule has 1 aromatic heterocycles. The van der Waals surface area contributed by atoms with Gasteiger partial charge in [-0.05, 0) is 52.4 Å². The van der Waals surface area contributed by atoms with Crippen molar-refractivity contribution < 1.29 is 0 Å². The summed E-state index contributed by atoms with van der Waals surface area (Å²) in [6.45, 7) is 0. The largest absolute Gasteiger partial charge is 0.253 e. The van der Waals surface area contributed by atoms with Gasteiger partial charge in [-0.15, -0.1) is 11.6 Å². The van der Waals surface area contributed by atoms with E-state index >= 15 is 0 Å². The van der Waals surface area contributed by atoms with E-state index in [1.165, 1.54) is 0 Å². The first-order valence-corrected chi connectivity index (χ1v) is 8.46. The molecule has 0 aliphatic rings. The van der Waals surface area contributed by atoms with Gasteiger partial charge >= 0.3 is 0 Å². The Bertz CT molecular complexity index is 789. The molecule has 0 aliphatic carbocycles. The Morgan fingerprint density at radius 3 is 2.67 bits per heavy atom. The van der Waals surface area contributed by atoms with Crippen LogP contribution in [0.5, 0.6) is 0 Å². The van der Waals surface area contributed by atoms with Crippen LogP contribution >= 0.6 is 45.8 Å². The van der Waals surface area contributed by atoms with E-state index < -0.39 is 0 Å². The molecule has 0 saturated carbocycles. The number of fused-ring (bicyclic) bond motifs is 1. The van der Waals surface area contributed by atoms with Crippen LogP contribution in [-0.4, -0.2) is 4.98 Å². The molecule has 106 valence electrons. The molecule has 21 heavy (non-hydrogen) atoms. The van der Waals surface area contributed by atoms with Crippen LogP contribution in [-0.2, 0) is 6.42 Å². The first-order valence-electron chi connectivity index (χ1n) is 6.57. The molecule has 1 atom stereocenters. The minimum absolute atomic E-state index is 0.131. The average molecular weight is 428 g/mol. The molecule has 0 fully saturated rings. The van der Waals surface area contributed by atoms with Crippen LogP contribution in [0.3, 0.4) is 0 Å². The first kappa shape index (κ1) is 15.1. The van der Waals surface area contributed by atoms with Crippen LogP contribution in [0.15, 0.2) is 54.6 Å². The highest BCUT2D eigenvalue weighted by atomic mass is 127. The number of aromatic nitrogens is 1. The van der Waals surface area contributed by atoms with E-state index in [4.69, 9.17) is 23.2 Å². The number of pyridine rings is 1. The summed E-state index contributed by atoms with van der Waals surface area (Å²) in [7, 11) is 0. The number of benzene rings is 2. The molecular formula is C17H12Cl2IN. The van der Waals surface area contributed by atoms with Crippen molar-refractivity contribution in [3.05, 3.63) is 74.4 Å². The van der Waals surface area contributed by atoms with Gasteiger partial charge in [-0.2, -0.15) is 0 Å². The van der Waals surface area contributed by atoms with E-state index in [0.717, 1.165) is 30.8 Å². The standard InChI is InChI=1S/C17H12Cl2IN/c18-14(12-6-8-16(20)15(19)9-12)10-13-7-5-11-3-1-2-4-17(11)21-13/h1-9,14H,10H2. The molecule has 3 aromatic rings. The minimum Gasteiger partial charge on any atom is -0.253 e. The van der Waals surface area contributed by atoms with Crippen LogP contribution in [0.1, 0.15) is 16.6 Å². The number of halogens is 3. The molecule has 0 amide bonds. The van der Waals surface area contributed by atoms with E-state index in [9.17, 15) is 0 Å². The highest BCUT2D eigenvalue weighted by Crippen LogP contribution is 2.29. The lowest BCUT2D eigenvalue weighted by Crippen LogP contribution is -1.99. The van der Waals surface area contributed by atoms with Crippen molar-refractivity contribution in [1.29, 1.82) is 0 Å². The maximum Gasteiger partial charge on any atom is 0.0705 e. The Labute approximate surface area is 147 Å². The Kier molecular flexibility index (Phi) is 4.67. The molecule has 0 saturated heterocycles. The smallest absolute Gasteiger partial charge is 0.0705 e. The van der Waals surface area contributed by atoms with Crippen molar-refractivity contribution in [1.82, 2.24) is 4.98 Å². The van der Waals surface area contributed by atoms with Gasteiger partial charge in [0.05, 0.1) is 15.9 Å². The van der Waals surface area contributed by atoms with Gasteiger partial charge in [0.1, 0.15) is 0 Å². The van der Waals surface area contributed by atoms with E-state index in [2.05, 4.69) is 39.7 Å². The van der Waals surface area contributed by atoms with Gasteiger partial charge in [0, 0.05) is 21.1 Å². The summed E-state index contributed by atoms with van der Waals surface area (Å²) < 4.78 is 1.03. The number of alkyl halides is 1. The Hall–Kier alpha value is -0.840. The van der Waals surface area contributed by atoms with Gasteiger partial charge in [0.15, 0.2) is 0 Å². The summed E-state index contributed by atoms with van der Waals surface area (Å²) in [5.41, 5.74) is 3.01. The van der Waals surface area contributed by atoms with E-state index in [1.54, 1.807) is 0 Å². The van der Waals surface area contributed by atoms with Crippen molar-refractivity contribution in [2.24, 2.45) is 0 Å². The summed E-state index contributed by atoms with van der Waals surface area (Å²) in [5, 5.41) is 1.75. The number of nitrogens with zero attached hydrogens (tertiary/aromatic N) is 1. The predicted octanol–water partition coefficient (Wildman–Crippen LogP) is 6.02. The SMILES string of the molecule is Clc1cc(C(Cl)Cc2ccc3ccccc3n2)ccc1I. The van der Waals surface area contributed by atoms with Crippen molar-refractivity contribution in [3.8, 4) is 0 Å². The lowest BCUT2D eigenvalue weighted by Gasteiger charge is -2.11. The summed E-state index contributed by atoms with van der Waals surface area (Å²) in [6, 6.07) is 18.1. The van der Waals surface area contributed by atoms with Crippen LogP contribution in [0, 0.1) is 3.57 Å². The molecule has 0 bridgehead atoms. The predicted molar refractivity (Wildman–Crippen MR) is 98.2 cm³/mol.